The SMILES string of the molecule is CCCCC(=NC(C)=O)C(=O)N[C@@H](CSC/C=C(\C)CC/C=C(\C)CCC=C(C)C)C(=O)O. The minimum atomic E-state index is -1.09. The van der Waals surface area contributed by atoms with Crippen molar-refractivity contribution in [2.45, 2.75) is 92.5 Å². The average molecular weight is 479 g/mol. The molecular weight excluding hydrogens is 436 g/mol. The van der Waals surface area contributed by atoms with Crippen LogP contribution in [0.4, 0.5) is 0 Å². The molecule has 0 unspecified atom stereocenters. The van der Waals surface area contributed by atoms with Gasteiger partial charge in [-0.25, -0.2) is 9.79 Å². The number of carbonyl (C=O) groups is 3. The van der Waals surface area contributed by atoms with Crippen LogP contribution in [0, 0.1) is 0 Å². The van der Waals surface area contributed by atoms with E-state index in [2.05, 4.69) is 56.2 Å². The van der Waals surface area contributed by atoms with Gasteiger partial charge in [-0.15, -0.1) is 0 Å². The molecule has 6 nitrogen and oxygen atoms in total. The number of allylic oxidation sites excluding steroid dienone is 5. The number of carboxylic acids is 1. The summed E-state index contributed by atoms with van der Waals surface area (Å²) in [6.07, 6.45) is 12.7. The molecule has 0 aromatic carbocycles. The molecule has 0 aliphatic heterocycles. The Morgan fingerprint density at radius 2 is 1.55 bits per heavy atom. The summed E-state index contributed by atoms with van der Waals surface area (Å²) in [6.45, 7) is 11.7. The zero-order chi connectivity index (χ0) is 25.2. The number of rotatable bonds is 16. The van der Waals surface area contributed by atoms with Crippen LogP contribution in [0.2, 0.25) is 0 Å². The smallest absolute Gasteiger partial charge is 0.327 e. The van der Waals surface area contributed by atoms with E-state index >= 15 is 0 Å². The fourth-order valence-corrected chi connectivity index (χ4v) is 3.90. The first-order chi connectivity index (χ1) is 15.6. The van der Waals surface area contributed by atoms with E-state index < -0.39 is 23.8 Å². The molecule has 0 radical (unpaired) electrons. The first kappa shape index (κ1) is 30.9. The largest absolute Gasteiger partial charge is 0.480 e. The normalized spacial score (nSPS) is 13.5. The van der Waals surface area contributed by atoms with E-state index in [0.717, 1.165) is 32.1 Å². The molecule has 0 fully saturated rings. The highest BCUT2D eigenvalue weighted by molar-refractivity contribution is 7.99. The lowest BCUT2D eigenvalue weighted by molar-refractivity contribution is -0.140. The van der Waals surface area contributed by atoms with Crippen molar-refractivity contribution in [3.8, 4) is 0 Å². The van der Waals surface area contributed by atoms with Crippen LogP contribution < -0.4 is 5.32 Å². The Kier molecular flexibility index (Phi) is 17.1. The Morgan fingerprint density at radius 3 is 2.09 bits per heavy atom. The van der Waals surface area contributed by atoms with Gasteiger partial charge in [-0.3, -0.25) is 9.59 Å². The number of amides is 2. The maximum Gasteiger partial charge on any atom is 0.327 e. The van der Waals surface area contributed by atoms with Crippen molar-refractivity contribution >= 4 is 35.3 Å². The van der Waals surface area contributed by atoms with Crippen LogP contribution in [0.5, 0.6) is 0 Å². The molecule has 0 rings (SSSR count). The zero-order valence-corrected chi connectivity index (χ0v) is 22.0. The molecule has 2 N–H and O–H groups in total. The van der Waals surface area contributed by atoms with Crippen LogP contribution >= 0.6 is 11.8 Å². The van der Waals surface area contributed by atoms with Crippen LogP contribution in [0.15, 0.2) is 39.9 Å². The molecule has 0 saturated carbocycles. The topological polar surface area (TPSA) is 95.8 Å². The van der Waals surface area contributed by atoms with E-state index in [1.54, 1.807) is 0 Å². The fraction of sp³-hybridized carbons (Fsp3) is 0.615. The van der Waals surface area contributed by atoms with Crippen molar-refractivity contribution in [2.24, 2.45) is 4.99 Å². The van der Waals surface area contributed by atoms with Crippen molar-refractivity contribution in [1.82, 2.24) is 5.32 Å². The highest BCUT2D eigenvalue weighted by atomic mass is 32.2. The van der Waals surface area contributed by atoms with Crippen molar-refractivity contribution in [3.63, 3.8) is 0 Å². The minimum Gasteiger partial charge on any atom is -0.480 e. The standard InChI is InChI=1S/C26H42N2O4S/c1-7-8-15-23(27-22(6)29)25(30)28-24(26(31)32)18-33-17-16-21(5)14-10-13-20(4)12-9-11-19(2)3/h11,13,16,24H,7-10,12,14-15,17-18H2,1-6H3,(H,28,30)(H,31,32)/b20-13+,21-16+,27-23?/t24-/m0/s1. The number of hydrogen-bond acceptors (Lipinski definition) is 4. The minimum absolute atomic E-state index is 0.0977. The Bertz CT molecular complexity index is 762. The van der Waals surface area contributed by atoms with Crippen LogP contribution in [-0.4, -0.2) is 46.1 Å². The summed E-state index contributed by atoms with van der Waals surface area (Å²) in [6, 6.07) is -1.03. The molecular formula is C26H42N2O4S. The highest BCUT2D eigenvalue weighted by Gasteiger charge is 2.22. The third kappa shape index (κ3) is 17.0. The van der Waals surface area contributed by atoms with Gasteiger partial charge in [-0.2, -0.15) is 11.8 Å². The van der Waals surface area contributed by atoms with Crippen molar-refractivity contribution in [3.05, 3.63) is 34.9 Å². The van der Waals surface area contributed by atoms with E-state index in [-0.39, 0.29) is 11.5 Å². The number of aliphatic imine (C=N–C) groups is 1. The molecule has 0 aliphatic rings. The number of nitrogens with one attached hydrogen (secondary N) is 1. The van der Waals surface area contributed by atoms with Gasteiger partial charge < -0.3 is 10.4 Å². The van der Waals surface area contributed by atoms with E-state index in [1.165, 1.54) is 35.4 Å². The van der Waals surface area contributed by atoms with Crippen LogP contribution in [0.25, 0.3) is 0 Å². The predicted molar refractivity (Wildman–Crippen MR) is 140 cm³/mol. The highest BCUT2D eigenvalue weighted by Crippen LogP contribution is 2.13. The number of nitrogens with zero attached hydrogens (tertiary/aromatic N) is 1. The summed E-state index contributed by atoms with van der Waals surface area (Å²) in [4.78, 5) is 39.1. The van der Waals surface area contributed by atoms with Gasteiger partial charge in [0, 0.05) is 18.4 Å². The summed E-state index contributed by atoms with van der Waals surface area (Å²) >= 11 is 1.46. The van der Waals surface area contributed by atoms with Crippen LogP contribution in [0.3, 0.4) is 0 Å². The molecule has 2 amide bonds. The summed E-state index contributed by atoms with van der Waals surface area (Å²) < 4.78 is 0. The van der Waals surface area contributed by atoms with Gasteiger partial charge in [-0.05, 0) is 66.2 Å². The average Bonchev–Trinajstić information content (AvgIpc) is 2.72. The Hall–Kier alpha value is -2.15. The molecule has 0 aliphatic carbocycles. The number of hydrogen-bond donors (Lipinski definition) is 2. The maximum atomic E-state index is 12.4. The van der Waals surface area contributed by atoms with Crippen LogP contribution in [0.1, 0.15) is 86.5 Å². The summed E-state index contributed by atoms with van der Waals surface area (Å²) in [5.41, 5.74) is 4.12. The first-order valence-corrected chi connectivity index (χ1v) is 12.9. The Morgan fingerprint density at radius 1 is 0.939 bits per heavy atom. The summed E-state index contributed by atoms with van der Waals surface area (Å²) in [5, 5.41) is 12.0. The molecule has 186 valence electrons. The lowest BCUT2D eigenvalue weighted by Gasteiger charge is -2.15. The second-order valence-corrected chi connectivity index (χ2v) is 9.62. The van der Waals surface area contributed by atoms with Gasteiger partial charge in [0.1, 0.15) is 11.8 Å². The van der Waals surface area contributed by atoms with E-state index in [4.69, 9.17) is 0 Å². The van der Waals surface area contributed by atoms with Gasteiger partial charge in [0.25, 0.3) is 5.91 Å². The molecule has 0 spiro atoms. The zero-order valence-electron chi connectivity index (χ0n) is 21.2. The Labute approximate surface area is 204 Å². The number of thioether (sulfide) groups is 1. The maximum absolute atomic E-state index is 12.4. The van der Waals surface area contributed by atoms with E-state index in [1.807, 2.05) is 6.92 Å². The predicted octanol–water partition coefficient (Wildman–Crippen LogP) is 5.89. The van der Waals surface area contributed by atoms with E-state index in [9.17, 15) is 19.5 Å². The molecule has 0 saturated heterocycles. The summed E-state index contributed by atoms with van der Waals surface area (Å²) in [7, 11) is 0. The van der Waals surface area contributed by atoms with Gasteiger partial charge in [0.05, 0.1) is 0 Å². The third-order valence-corrected chi connectivity index (χ3v) is 5.85. The monoisotopic (exact) mass is 478 g/mol. The van der Waals surface area contributed by atoms with Gasteiger partial charge in [-0.1, -0.05) is 48.3 Å². The lowest BCUT2D eigenvalue weighted by atomic mass is 10.1. The van der Waals surface area contributed by atoms with Gasteiger partial charge >= 0.3 is 5.97 Å². The lowest BCUT2D eigenvalue weighted by Crippen LogP contribution is -2.45. The van der Waals surface area contributed by atoms with Gasteiger partial charge in [0.15, 0.2) is 0 Å². The van der Waals surface area contributed by atoms with Crippen molar-refractivity contribution in [2.75, 3.05) is 11.5 Å². The second kappa shape index (κ2) is 18.3. The molecule has 0 aromatic rings. The molecule has 0 bridgehead atoms. The fourth-order valence-electron chi connectivity index (χ4n) is 2.90. The van der Waals surface area contributed by atoms with E-state index in [0.29, 0.717) is 18.6 Å². The molecule has 7 heteroatoms. The Balaban J connectivity index is 4.58. The number of carboxylic acid groups (broad SMARTS) is 1. The number of aliphatic carboxylic acids is 1. The summed E-state index contributed by atoms with van der Waals surface area (Å²) in [5.74, 6) is -1.21. The number of carbonyl (C=O) groups excluding carboxylic acids is 2. The van der Waals surface area contributed by atoms with Crippen molar-refractivity contribution < 1.29 is 19.5 Å². The molecule has 1 atom stereocenters. The van der Waals surface area contributed by atoms with Crippen LogP contribution in [-0.2, 0) is 14.4 Å². The quantitative estimate of drug-likeness (QED) is 0.164. The van der Waals surface area contributed by atoms with Crippen molar-refractivity contribution in [1.29, 1.82) is 0 Å². The first-order valence-electron chi connectivity index (χ1n) is 11.7. The number of unbranched alkanes of at least 4 members (excludes halogenated alkanes) is 1. The second-order valence-electron chi connectivity index (χ2n) is 8.54. The molecule has 33 heavy (non-hydrogen) atoms. The molecule has 0 aromatic heterocycles. The molecule has 0 heterocycles. The van der Waals surface area contributed by atoms with Gasteiger partial charge in [0.2, 0.25) is 5.91 Å². The third-order valence-electron chi connectivity index (χ3n) is 4.88.